The number of thiophene rings is 1. The monoisotopic (exact) mass is 241 g/mol. The van der Waals surface area contributed by atoms with Gasteiger partial charge in [-0.1, -0.05) is 0 Å². The fourth-order valence-corrected chi connectivity index (χ4v) is 3.21. The van der Waals surface area contributed by atoms with Crippen LogP contribution in [0.25, 0.3) is 0 Å². The van der Waals surface area contributed by atoms with Gasteiger partial charge < -0.3 is 20.2 Å². The summed E-state index contributed by atoms with van der Waals surface area (Å²) in [7, 11) is 6.06. The maximum absolute atomic E-state index is 10.1. The zero-order valence-electron chi connectivity index (χ0n) is 10.0. The normalized spacial score (nSPS) is 17.5. The Hall–Kier alpha value is -0.780. The average Bonchev–Trinajstić information content (AvgIpc) is 2.69. The molecule has 2 rings (SSSR count). The molecule has 0 bridgehead atoms. The van der Waals surface area contributed by atoms with Crippen molar-refractivity contribution in [2.75, 3.05) is 50.6 Å². The molecule has 5 heteroatoms. The molecule has 90 valence electrons. The molecule has 1 aromatic rings. The van der Waals surface area contributed by atoms with Crippen LogP contribution < -0.4 is 15.1 Å². The van der Waals surface area contributed by atoms with Gasteiger partial charge >= 0.3 is 0 Å². The summed E-state index contributed by atoms with van der Waals surface area (Å²) in [6, 6.07) is 0. The van der Waals surface area contributed by atoms with Crippen molar-refractivity contribution in [2.24, 2.45) is 0 Å². The molecule has 16 heavy (non-hydrogen) atoms. The van der Waals surface area contributed by atoms with E-state index in [1.807, 2.05) is 7.05 Å². The van der Waals surface area contributed by atoms with Gasteiger partial charge in [-0.15, -0.1) is 11.3 Å². The van der Waals surface area contributed by atoms with E-state index in [1.54, 1.807) is 11.3 Å². The van der Waals surface area contributed by atoms with Crippen LogP contribution in [0.3, 0.4) is 0 Å². The van der Waals surface area contributed by atoms with Gasteiger partial charge in [0.25, 0.3) is 0 Å². The SMILES string of the molecule is CNCC(O)c1scc2c1N(C)CCN2C. The maximum atomic E-state index is 10.1. The molecule has 0 spiro atoms. The number of hydrogen-bond acceptors (Lipinski definition) is 5. The van der Waals surface area contributed by atoms with Crippen LogP contribution in [-0.4, -0.2) is 45.9 Å². The number of nitrogens with zero attached hydrogens (tertiary/aromatic N) is 2. The molecule has 1 unspecified atom stereocenters. The first-order valence-electron chi connectivity index (χ1n) is 5.51. The minimum absolute atomic E-state index is 0.410. The van der Waals surface area contributed by atoms with Crippen LogP contribution in [0.1, 0.15) is 11.0 Å². The summed E-state index contributed by atoms with van der Waals surface area (Å²) in [5, 5.41) is 15.2. The molecular formula is C11H19N3OS. The average molecular weight is 241 g/mol. The highest BCUT2D eigenvalue weighted by Gasteiger charge is 2.25. The summed E-state index contributed by atoms with van der Waals surface area (Å²) in [6.07, 6.45) is -0.410. The second-order valence-electron chi connectivity index (χ2n) is 4.25. The first kappa shape index (κ1) is 11.7. The van der Waals surface area contributed by atoms with Crippen molar-refractivity contribution in [1.29, 1.82) is 0 Å². The Morgan fingerprint density at radius 2 is 2.12 bits per heavy atom. The minimum Gasteiger partial charge on any atom is -0.386 e. The molecule has 1 aliphatic heterocycles. The summed E-state index contributed by atoms with van der Waals surface area (Å²) in [6.45, 7) is 2.66. The maximum Gasteiger partial charge on any atom is 0.103 e. The van der Waals surface area contributed by atoms with Gasteiger partial charge in [0.1, 0.15) is 6.10 Å². The van der Waals surface area contributed by atoms with E-state index >= 15 is 0 Å². The van der Waals surface area contributed by atoms with Gasteiger partial charge in [0.15, 0.2) is 0 Å². The number of likely N-dealkylation sites (N-methyl/N-ethyl adjacent to an activating group) is 3. The molecule has 0 fully saturated rings. The lowest BCUT2D eigenvalue weighted by atomic mass is 10.2. The molecule has 1 aliphatic rings. The van der Waals surface area contributed by atoms with E-state index in [1.165, 1.54) is 11.4 Å². The zero-order chi connectivity index (χ0) is 11.7. The van der Waals surface area contributed by atoms with Crippen molar-refractivity contribution in [2.45, 2.75) is 6.10 Å². The van der Waals surface area contributed by atoms with Crippen molar-refractivity contribution in [3.8, 4) is 0 Å². The van der Waals surface area contributed by atoms with Gasteiger partial charge in [-0.2, -0.15) is 0 Å². The Morgan fingerprint density at radius 1 is 1.44 bits per heavy atom. The number of anilines is 2. The molecule has 0 amide bonds. The summed E-state index contributed by atoms with van der Waals surface area (Å²) >= 11 is 1.65. The predicted molar refractivity (Wildman–Crippen MR) is 69.7 cm³/mol. The molecule has 2 N–H and O–H groups in total. The molecule has 0 aromatic carbocycles. The fourth-order valence-electron chi connectivity index (χ4n) is 2.07. The predicted octanol–water partition coefficient (Wildman–Crippen LogP) is 0.887. The Balaban J connectivity index is 2.34. The second-order valence-corrected chi connectivity index (χ2v) is 5.16. The van der Waals surface area contributed by atoms with Gasteiger partial charge in [0.05, 0.1) is 16.3 Å². The lowest BCUT2D eigenvalue weighted by molar-refractivity contribution is 0.182. The highest BCUT2D eigenvalue weighted by molar-refractivity contribution is 7.11. The lowest BCUT2D eigenvalue weighted by Crippen LogP contribution is -2.36. The minimum atomic E-state index is -0.410. The summed E-state index contributed by atoms with van der Waals surface area (Å²) in [4.78, 5) is 5.56. The molecular weight excluding hydrogens is 222 g/mol. The number of hydrogen-bond donors (Lipinski definition) is 2. The Morgan fingerprint density at radius 3 is 2.81 bits per heavy atom. The van der Waals surface area contributed by atoms with Crippen LogP contribution in [0.15, 0.2) is 5.38 Å². The topological polar surface area (TPSA) is 38.7 Å². The standard InChI is InChI=1S/C11H19N3OS/c1-12-6-9(15)11-10-8(7-16-11)13(2)4-5-14(10)3/h7,9,12,15H,4-6H2,1-3H3. The van der Waals surface area contributed by atoms with Crippen LogP contribution in [0.5, 0.6) is 0 Å². The van der Waals surface area contributed by atoms with Gasteiger partial charge in [0, 0.05) is 39.1 Å². The molecule has 4 nitrogen and oxygen atoms in total. The van der Waals surface area contributed by atoms with E-state index in [-0.39, 0.29) is 0 Å². The van der Waals surface area contributed by atoms with Crippen LogP contribution >= 0.6 is 11.3 Å². The van der Waals surface area contributed by atoms with Gasteiger partial charge in [-0.3, -0.25) is 0 Å². The second kappa shape index (κ2) is 4.61. The lowest BCUT2D eigenvalue weighted by Gasteiger charge is -2.33. The van der Waals surface area contributed by atoms with E-state index in [0.29, 0.717) is 6.54 Å². The third-order valence-corrected chi connectivity index (χ3v) is 4.10. The highest BCUT2D eigenvalue weighted by Crippen LogP contribution is 2.42. The smallest absolute Gasteiger partial charge is 0.103 e. The van der Waals surface area contributed by atoms with E-state index in [4.69, 9.17) is 0 Å². The number of rotatable bonds is 3. The Labute approximate surface area is 100 Å². The molecule has 1 atom stereocenters. The highest BCUT2D eigenvalue weighted by atomic mass is 32.1. The molecule has 0 radical (unpaired) electrons. The molecule has 2 heterocycles. The van der Waals surface area contributed by atoms with E-state index in [2.05, 4.69) is 34.6 Å². The van der Waals surface area contributed by atoms with E-state index < -0.39 is 6.10 Å². The van der Waals surface area contributed by atoms with Crippen LogP contribution in [0.2, 0.25) is 0 Å². The summed E-state index contributed by atoms with van der Waals surface area (Å²) < 4.78 is 0. The van der Waals surface area contributed by atoms with Crippen molar-refractivity contribution < 1.29 is 5.11 Å². The van der Waals surface area contributed by atoms with Gasteiger partial charge in [0.2, 0.25) is 0 Å². The number of nitrogens with one attached hydrogen (secondary N) is 1. The summed E-state index contributed by atoms with van der Waals surface area (Å²) in [5.41, 5.74) is 2.44. The van der Waals surface area contributed by atoms with Crippen LogP contribution in [-0.2, 0) is 0 Å². The van der Waals surface area contributed by atoms with E-state index in [9.17, 15) is 5.11 Å². The van der Waals surface area contributed by atoms with Gasteiger partial charge in [-0.25, -0.2) is 0 Å². The van der Waals surface area contributed by atoms with Crippen molar-refractivity contribution in [1.82, 2.24) is 5.32 Å². The molecule has 1 aromatic heterocycles. The Kier molecular flexibility index (Phi) is 3.37. The third-order valence-electron chi connectivity index (χ3n) is 3.04. The van der Waals surface area contributed by atoms with Crippen molar-refractivity contribution in [3.05, 3.63) is 10.3 Å². The molecule has 0 aliphatic carbocycles. The zero-order valence-corrected chi connectivity index (χ0v) is 10.8. The fraction of sp³-hybridized carbons (Fsp3) is 0.636. The molecule has 0 saturated carbocycles. The first-order chi connectivity index (χ1) is 7.65. The largest absolute Gasteiger partial charge is 0.386 e. The van der Waals surface area contributed by atoms with E-state index in [0.717, 1.165) is 18.0 Å². The first-order valence-corrected chi connectivity index (χ1v) is 6.39. The number of aliphatic hydroxyl groups is 1. The Bertz CT molecular complexity index is 366. The van der Waals surface area contributed by atoms with Gasteiger partial charge in [-0.05, 0) is 7.05 Å². The van der Waals surface area contributed by atoms with Crippen molar-refractivity contribution in [3.63, 3.8) is 0 Å². The third kappa shape index (κ3) is 1.90. The summed E-state index contributed by atoms with van der Waals surface area (Å²) in [5.74, 6) is 0. The molecule has 0 saturated heterocycles. The van der Waals surface area contributed by atoms with Crippen LogP contribution in [0, 0.1) is 0 Å². The number of aliphatic hydroxyl groups excluding tert-OH is 1. The van der Waals surface area contributed by atoms with Crippen LogP contribution in [0.4, 0.5) is 11.4 Å². The van der Waals surface area contributed by atoms with Crippen molar-refractivity contribution >= 4 is 22.7 Å². The number of fused-ring (bicyclic) bond motifs is 1. The quantitative estimate of drug-likeness (QED) is 0.824.